The van der Waals surface area contributed by atoms with Crippen LogP contribution in [0.4, 0.5) is 0 Å². The van der Waals surface area contributed by atoms with E-state index < -0.39 is 6.10 Å². The van der Waals surface area contributed by atoms with Crippen molar-refractivity contribution in [1.82, 2.24) is 0 Å². The third-order valence-electron chi connectivity index (χ3n) is 9.29. The van der Waals surface area contributed by atoms with Crippen LogP contribution in [-0.2, 0) is 28.6 Å². The van der Waals surface area contributed by atoms with E-state index in [9.17, 15) is 14.4 Å². The lowest BCUT2D eigenvalue weighted by Gasteiger charge is -2.18. The Kier molecular flexibility index (Phi) is 35.5. The van der Waals surface area contributed by atoms with Gasteiger partial charge < -0.3 is 14.2 Å². The van der Waals surface area contributed by atoms with Crippen molar-refractivity contribution in [2.75, 3.05) is 13.2 Å². The van der Waals surface area contributed by atoms with Gasteiger partial charge in [-0.15, -0.1) is 0 Å². The molecule has 0 heterocycles. The highest BCUT2D eigenvalue weighted by Crippen LogP contribution is 2.15. The van der Waals surface area contributed by atoms with Gasteiger partial charge in [-0.1, -0.05) is 188 Å². The summed E-state index contributed by atoms with van der Waals surface area (Å²) in [7, 11) is 0. The van der Waals surface area contributed by atoms with Gasteiger partial charge in [0, 0.05) is 19.3 Å². The maximum Gasteiger partial charge on any atom is 0.306 e. The molecule has 0 amide bonds. The number of rotatable bonds is 37. The summed E-state index contributed by atoms with van der Waals surface area (Å²) in [4.78, 5) is 37.4. The van der Waals surface area contributed by atoms with Crippen LogP contribution in [0.15, 0.2) is 0 Å². The van der Waals surface area contributed by atoms with Crippen molar-refractivity contribution < 1.29 is 28.6 Å². The minimum absolute atomic E-state index is 0.0650. The Balaban J connectivity index is 4.29. The van der Waals surface area contributed by atoms with Crippen LogP contribution in [0.25, 0.3) is 0 Å². The number of ether oxygens (including phenoxy) is 3. The highest BCUT2D eigenvalue weighted by atomic mass is 16.6. The molecule has 0 saturated carbocycles. The molecule has 284 valence electrons. The molecule has 48 heavy (non-hydrogen) atoms. The number of hydrogen-bond acceptors (Lipinski definition) is 6. The zero-order valence-corrected chi connectivity index (χ0v) is 32.4. The van der Waals surface area contributed by atoms with Gasteiger partial charge in [0.1, 0.15) is 13.2 Å². The molecule has 0 fully saturated rings. The van der Waals surface area contributed by atoms with Crippen LogP contribution in [0.2, 0.25) is 0 Å². The largest absolute Gasteiger partial charge is 0.462 e. The first-order chi connectivity index (χ1) is 23.4. The van der Waals surface area contributed by atoms with Crippen LogP contribution in [0.1, 0.15) is 227 Å². The van der Waals surface area contributed by atoms with Gasteiger partial charge >= 0.3 is 17.9 Å². The summed E-state index contributed by atoms with van der Waals surface area (Å²) in [6, 6.07) is 0. The van der Waals surface area contributed by atoms with Crippen molar-refractivity contribution in [2.24, 2.45) is 5.92 Å². The first-order valence-corrected chi connectivity index (χ1v) is 20.9. The fourth-order valence-electron chi connectivity index (χ4n) is 6.10. The average molecular weight is 681 g/mol. The maximum absolute atomic E-state index is 12.6. The van der Waals surface area contributed by atoms with Crippen molar-refractivity contribution in [2.45, 2.75) is 233 Å². The zero-order valence-electron chi connectivity index (χ0n) is 32.4. The van der Waals surface area contributed by atoms with Crippen LogP contribution < -0.4 is 0 Å². The number of esters is 3. The van der Waals surface area contributed by atoms with Crippen LogP contribution in [0.3, 0.4) is 0 Å². The second-order valence-electron chi connectivity index (χ2n) is 14.7. The first kappa shape index (κ1) is 46.4. The molecule has 6 nitrogen and oxygen atoms in total. The van der Waals surface area contributed by atoms with E-state index in [4.69, 9.17) is 14.2 Å². The summed E-state index contributed by atoms with van der Waals surface area (Å²) >= 11 is 0. The first-order valence-electron chi connectivity index (χ1n) is 20.9. The normalized spacial score (nSPS) is 11.9. The Bertz CT molecular complexity index is 721. The molecule has 0 bridgehead atoms. The lowest BCUT2D eigenvalue weighted by molar-refractivity contribution is -0.167. The number of carbonyl (C=O) groups excluding carboxylic acids is 3. The molecule has 0 aromatic carbocycles. The van der Waals surface area contributed by atoms with Gasteiger partial charge in [-0.2, -0.15) is 0 Å². The zero-order chi connectivity index (χ0) is 35.3. The Morgan fingerprint density at radius 1 is 0.396 bits per heavy atom. The lowest BCUT2D eigenvalue weighted by Crippen LogP contribution is -2.30. The van der Waals surface area contributed by atoms with E-state index in [0.717, 1.165) is 63.7 Å². The molecule has 0 aromatic rings. The van der Waals surface area contributed by atoms with Crippen molar-refractivity contribution in [1.29, 1.82) is 0 Å². The smallest absolute Gasteiger partial charge is 0.306 e. The third kappa shape index (κ3) is 35.7. The topological polar surface area (TPSA) is 78.9 Å². The molecule has 0 radical (unpaired) electrons. The molecular formula is C42H80O6. The van der Waals surface area contributed by atoms with Gasteiger partial charge in [-0.3, -0.25) is 14.4 Å². The molecule has 1 atom stereocenters. The summed E-state index contributed by atoms with van der Waals surface area (Å²) in [5.74, 6) is -0.0436. The second-order valence-corrected chi connectivity index (χ2v) is 14.7. The Morgan fingerprint density at radius 2 is 0.688 bits per heavy atom. The van der Waals surface area contributed by atoms with Crippen LogP contribution in [0, 0.1) is 5.92 Å². The summed E-state index contributed by atoms with van der Waals surface area (Å²) in [6.45, 7) is 8.92. The molecule has 0 rings (SSSR count). The molecule has 0 spiro atoms. The van der Waals surface area contributed by atoms with Crippen molar-refractivity contribution in [3.63, 3.8) is 0 Å². The number of hydrogen-bond donors (Lipinski definition) is 0. The fourth-order valence-corrected chi connectivity index (χ4v) is 6.10. The van der Waals surface area contributed by atoms with Gasteiger partial charge in [0.2, 0.25) is 0 Å². The molecule has 0 N–H and O–H groups in total. The van der Waals surface area contributed by atoms with Crippen LogP contribution in [0.5, 0.6) is 0 Å². The van der Waals surface area contributed by atoms with Crippen molar-refractivity contribution in [3.8, 4) is 0 Å². The molecule has 0 aliphatic carbocycles. The fraction of sp³-hybridized carbons (Fsp3) is 0.929. The van der Waals surface area contributed by atoms with Gasteiger partial charge in [-0.25, -0.2) is 0 Å². The Labute approximate surface area is 298 Å². The van der Waals surface area contributed by atoms with Gasteiger partial charge in [-0.05, 0) is 25.2 Å². The molecular weight excluding hydrogens is 600 g/mol. The van der Waals surface area contributed by atoms with E-state index in [2.05, 4.69) is 27.7 Å². The van der Waals surface area contributed by atoms with E-state index in [0.29, 0.717) is 19.3 Å². The monoisotopic (exact) mass is 681 g/mol. The van der Waals surface area contributed by atoms with E-state index in [-0.39, 0.29) is 31.1 Å². The van der Waals surface area contributed by atoms with Crippen molar-refractivity contribution in [3.05, 3.63) is 0 Å². The summed E-state index contributed by atoms with van der Waals surface area (Å²) in [5, 5.41) is 0. The highest BCUT2D eigenvalue weighted by molar-refractivity contribution is 5.71. The highest BCUT2D eigenvalue weighted by Gasteiger charge is 2.19. The number of carbonyl (C=O) groups is 3. The molecule has 6 heteroatoms. The van der Waals surface area contributed by atoms with Crippen LogP contribution >= 0.6 is 0 Å². The standard InChI is InChI=1S/C42H80O6/c1-5-7-9-11-13-17-22-26-30-34-41(44)47-37-39(36-46-40(43)33-29-25-20-12-10-8-6-2)48-42(45)35-31-27-23-19-16-14-15-18-21-24-28-32-38(3)4/h38-39H,5-37H2,1-4H3/t39-/m1/s1. The van der Waals surface area contributed by atoms with E-state index in [1.54, 1.807) is 0 Å². The molecule has 0 aliphatic heterocycles. The van der Waals surface area contributed by atoms with E-state index >= 15 is 0 Å². The van der Waals surface area contributed by atoms with E-state index in [1.807, 2.05) is 0 Å². The second kappa shape index (κ2) is 36.7. The summed E-state index contributed by atoms with van der Waals surface area (Å²) in [6.07, 6.45) is 33.8. The summed E-state index contributed by atoms with van der Waals surface area (Å²) < 4.78 is 16.6. The Morgan fingerprint density at radius 3 is 1.02 bits per heavy atom. The SMILES string of the molecule is CCCCCCCCCCCC(=O)OC[C@@H](COC(=O)CCCCCCCCC)OC(=O)CCCCCCCCCCCCCC(C)C. The van der Waals surface area contributed by atoms with E-state index in [1.165, 1.54) is 122 Å². The lowest BCUT2D eigenvalue weighted by atomic mass is 10.0. The minimum Gasteiger partial charge on any atom is -0.462 e. The average Bonchev–Trinajstić information content (AvgIpc) is 3.06. The van der Waals surface area contributed by atoms with Gasteiger partial charge in [0.25, 0.3) is 0 Å². The molecule has 0 aromatic heterocycles. The predicted molar refractivity (Wildman–Crippen MR) is 201 cm³/mol. The summed E-state index contributed by atoms with van der Waals surface area (Å²) in [5.41, 5.74) is 0. The Hall–Kier alpha value is -1.59. The van der Waals surface area contributed by atoms with Gasteiger partial charge in [0.15, 0.2) is 6.10 Å². The quantitative estimate of drug-likeness (QED) is 0.0369. The predicted octanol–water partition coefficient (Wildman–Crippen LogP) is 12.8. The molecule has 0 unspecified atom stereocenters. The minimum atomic E-state index is -0.757. The molecule has 0 saturated heterocycles. The maximum atomic E-state index is 12.6. The third-order valence-corrected chi connectivity index (χ3v) is 9.29. The van der Waals surface area contributed by atoms with Gasteiger partial charge in [0.05, 0.1) is 0 Å². The molecule has 0 aliphatic rings. The van der Waals surface area contributed by atoms with Crippen molar-refractivity contribution >= 4 is 17.9 Å². The number of unbranched alkanes of at least 4 members (excludes halogenated alkanes) is 24. The van der Waals surface area contributed by atoms with Crippen LogP contribution in [-0.4, -0.2) is 37.2 Å².